The molecule has 0 fully saturated rings. The van der Waals surface area contributed by atoms with E-state index in [9.17, 15) is 4.79 Å². The molecular weight excluding hydrogens is 342 g/mol. The van der Waals surface area contributed by atoms with E-state index in [4.69, 9.17) is 16.0 Å². The smallest absolute Gasteiger partial charge is 0.256 e. The summed E-state index contributed by atoms with van der Waals surface area (Å²) < 4.78 is 7.16. The summed E-state index contributed by atoms with van der Waals surface area (Å²) in [4.78, 5) is 17.2. The van der Waals surface area contributed by atoms with Crippen molar-refractivity contribution in [3.05, 3.63) is 71.0 Å². The van der Waals surface area contributed by atoms with Gasteiger partial charge in [-0.1, -0.05) is 23.7 Å². The Hall–Kier alpha value is -3.06. The first kappa shape index (κ1) is 15.5. The van der Waals surface area contributed by atoms with Crippen molar-refractivity contribution in [2.24, 2.45) is 0 Å². The van der Waals surface area contributed by atoms with E-state index in [0.29, 0.717) is 33.7 Å². The number of para-hydroxylation sites is 1. The van der Waals surface area contributed by atoms with Crippen LogP contribution in [0.3, 0.4) is 0 Å². The summed E-state index contributed by atoms with van der Waals surface area (Å²) in [5, 5.41) is 10.6. The molecule has 3 aromatic rings. The van der Waals surface area contributed by atoms with Crippen LogP contribution >= 0.6 is 11.6 Å². The number of fused-ring (bicyclic) bond motifs is 1. The molecule has 1 atom stereocenters. The second-order valence-corrected chi connectivity index (χ2v) is 5.95. The molecule has 0 bridgehead atoms. The Morgan fingerprint density at radius 3 is 2.92 bits per heavy atom. The molecule has 25 heavy (non-hydrogen) atoms. The van der Waals surface area contributed by atoms with Crippen molar-refractivity contribution in [1.29, 1.82) is 0 Å². The molecule has 1 unspecified atom stereocenters. The van der Waals surface area contributed by atoms with E-state index in [0.717, 1.165) is 0 Å². The van der Waals surface area contributed by atoms with Gasteiger partial charge in [0.2, 0.25) is 5.95 Å². The summed E-state index contributed by atoms with van der Waals surface area (Å²) in [5.74, 6) is 0.853. The number of allylic oxidation sites excluding steroid dienone is 1. The zero-order valence-electron chi connectivity index (χ0n) is 13.2. The van der Waals surface area contributed by atoms with Crippen LogP contribution in [0.5, 0.6) is 0 Å². The van der Waals surface area contributed by atoms with Crippen molar-refractivity contribution in [3.63, 3.8) is 0 Å². The zero-order valence-corrected chi connectivity index (χ0v) is 14.0. The Bertz CT molecular complexity index is 961. The molecule has 0 radical (unpaired) electrons. The highest BCUT2D eigenvalue weighted by Crippen LogP contribution is 2.35. The van der Waals surface area contributed by atoms with Crippen LogP contribution in [-0.4, -0.2) is 20.7 Å². The topological polar surface area (TPSA) is 85.0 Å². The Morgan fingerprint density at radius 1 is 1.32 bits per heavy atom. The predicted octanol–water partition coefficient (Wildman–Crippen LogP) is 3.45. The van der Waals surface area contributed by atoms with Crippen molar-refractivity contribution in [2.45, 2.75) is 13.0 Å². The highest BCUT2D eigenvalue weighted by atomic mass is 35.5. The molecule has 126 valence electrons. The van der Waals surface area contributed by atoms with E-state index in [2.05, 4.69) is 20.7 Å². The van der Waals surface area contributed by atoms with Crippen molar-refractivity contribution >= 4 is 29.1 Å². The zero-order chi connectivity index (χ0) is 17.4. The fourth-order valence-corrected chi connectivity index (χ4v) is 3.03. The normalized spacial score (nSPS) is 16.3. The molecule has 0 saturated carbocycles. The van der Waals surface area contributed by atoms with Crippen LogP contribution in [0.15, 0.2) is 64.7 Å². The average molecular weight is 356 g/mol. The minimum Gasteiger partial charge on any atom is -0.467 e. The number of halogens is 1. The lowest BCUT2D eigenvalue weighted by Crippen LogP contribution is -2.31. The number of benzene rings is 1. The molecule has 0 spiro atoms. The molecule has 7 nitrogen and oxygen atoms in total. The summed E-state index contributed by atoms with van der Waals surface area (Å²) in [7, 11) is 0. The summed E-state index contributed by atoms with van der Waals surface area (Å²) >= 11 is 6.15. The number of hydrogen-bond acceptors (Lipinski definition) is 5. The third kappa shape index (κ3) is 2.68. The highest BCUT2D eigenvalue weighted by Gasteiger charge is 2.35. The summed E-state index contributed by atoms with van der Waals surface area (Å²) in [6, 6.07) is 10.1. The van der Waals surface area contributed by atoms with Gasteiger partial charge in [-0.15, -0.1) is 0 Å². The number of aromatic nitrogens is 3. The third-order valence-electron chi connectivity index (χ3n) is 3.97. The van der Waals surface area contributed by atoms with Gasteiger partial charge in [-0.3, -0.25) is 4.79 Å². The molecule has 0 aliphatic carbocycles. The Labute approximate surface area is 148 Å². The number of anilines is 2. The number of furan rings is 1. The quantitative estimate of drug-likeness (QED) is 0.751. The minimum atomic E-state index is -0.517. The lowest BCUT2D eigenvalue weighted by molar-refractivity contribution is -0.113. The maximum absolute atomic E-state index is 13.0. The second kappa shape index (κ2) is 6.10. The second-order valence-electron chi connectivity index (χ2n) is 5.54. The van der Waals surface area contributed by atoms with Gasteiger partial charge >= 0.3 is 0 Å². The lowest BCUT2D eigenvalue weighted by Gasteiger charge is -2.27. The van der Waals surface area contributed by atoms with Crippen LogP contribution in [0.1, 0.15) is 18.7 Å². The van der Waals surface area contributed by atoms with Gasteiger partial charge in [0, 0.05) is 5.70 Å². The molecule has 3 heterocycles. The standard InChI is InChI=1S/C17H14ClN5O2/c1-10-14(16(24)22-12-6-3-2-5-11(12)18)15(13-7-4-8-25-13)23-17(21-10)19-9-20-23/h2-9,15H,1H3,(H,22,24)(H,19,20,21). The van der Waals surface area contributed by atoms with Gasteiger partial charge in [-0.25, -0.2) is 4.68 Å². The molecule has 0 saturated heterocycles. The van der Waals surface area contributed by atoms with Crippen molar-refractivity contribution < 1.29 is 9.21 Å². The number of carbonyl (C=O) groups is 1. The van der Waals surface area contributed by atoms with Crippen LogP contribution in [0.2, 0.25) is 5.02 Å². The fourth-order valence-electron chi connectivity index (χ4n) is 2.85. The number of hydrogen-bond donors (Lipinski definition) is 2. The largest absolute Gasteiger partial charge is 0.467 e. The molecule has 2 aromatic heterocycles. The van der Waals surface area contributed by atoms with Crippen molar-refractivity contribution in [1.82, 2.24) is 14.8 Å². The average Bonchev–Trinajstić information content (AvgIpc) is 3.26. The van der Waals surface area contributed by atoms with Gasteiger partial charge in [0.1, 0.15) is 18.1 Å². The Morgan fingerprint density at radius 2 is 2.16 bits per heavy atom. The first-order valence-corrected chi connectivity index (χ1v) is 7.99. The summed E-state index contributed by atoms with van der Waals surface area (Å²) in [6.45, 7) is 1.82. The van der Waals surface area contributed by atoms with Crippen LogP contribution in [-0.2, 0) is 4.79 Å². The van der Waals surface area contributed by atoms with Gasteiger partial charge in [0.05, 0.1) is 22.5 Å². The van der Waals surface area contributed by atoms with E-state index in [1.54, 1.807) is 47.3 Å². The molecule has 1 aliphatic heterocycles. The predicted molar refractivity (Wildman–Crippen MR) is 93.3 cm³/mol. The van der Waals surface area contributed by atoms with Gasteiger partial charge in [0.15, 0.2) is 0 Å². The number of rotatable bonds is 3. The molecule has 1 amide bonds. The molecule has 1 aliphatic rings. The van der Waals surface area contributed by atoms with Crippen LogP contribution < -0.4 is 10.6 Å². The Kier molecular flexibility index (Phi) is 3.77. The van der Waals surface area contributed by atoms with E-state index in [1.165, 1.54) is 6.33 Å². The molecular formula is C17H14ClN5O2. The molecule has 1 aromatic carbocycles. The maximum Gasteiger partial charge on any atom is 0.256 e. The number of nitrogens with zero attached hydrogens (tertiary/aromatic N) is 3. The first-order chi connectivity index (χ1) is 12.1. The third-order valence-corrected chi connectivity index (χ3v) is 4.30. The molecule has 2 N–H and O–H groups in total. The van der Waals surface area contributed by atoms with E-state index in [1.807, 2.05) is 6.92 Å². The van der Waals surface area contributed by atoms with E-state index >= 15 is 0 Å². The first-order valence-electron chi connectivity index (χ1n) is 7.61. The van der Waals surface area contributed by atoms with Gasteiger partial charge in [-0.05, 0) is 31.2 Å². The highest BCUT2D eigenvalue weighted by molar-refractivity contribution is 6.33. The van der Waals surface area contributed by atoms with Crippen molar-refractivity contribution in [3.8, 4) is 0 Å². The van der Waals surface area contributed by atoms with Gasteiger partial charge in [-0.2, -0.15) is 10.1 Å². The summed E-state index contributed by atoms with van der Waals surface area (Å²) in [5.41, 5.74) is 1.69. The number of nitrogens with one attached hydrogen (secondary N) is 2. The van der Waals surface area contributed by atoms with Crippen LogP contribution in [0.25, 0.3) is 0 Å². The van der Waals surface area contributed by atoms with Crippen LogP contribution in [0, 0.1) is 0 Å². The lowest BCUT2D eigenvalue weighted by atomic mass is 10.00. The number of amides is 1. The van der Waals surface area contributed by atoms with Crippen molar-refractivity contribution in [2.75, 3.05) is 10.6 Å². The summed E-state index contributed by atoms with van der Waals surface area (Å²) in [6.07, 6.45) is 2.99. The minimum absolute atomic E-state index is 0.291. The SMILES string of the molecule is CC1=C(C(=O)Nc2ccccc2Cl)C(c2ccco2)n2ncnc2N1. The fraction of sp³-hybridized carbons (Fsp3) is 0.118. The van der Waals surface area contributed by atoms with Gasteiger partial charge in [0.25, 0.3) is 5.91 Å². The van der Waals surface area contributed by atoms with Gasteiger partial charge < -0.3 is 15.1 Å². The van der Waals surface area contributed by atoms with Crippen LogP contribution in [0.4, 0.5) is 11.6 Å². The maximum atomic E-state index is 13.0. The van der Waals surface area contributed by atoms with E-state index in [-0.39, 0.29) is 5.91 Å². The number of carbonyl (C=O) groups excluding carboxylic acids is 1. The molecule has 8 heteroatoms. The molecule has 4 rings (SSSR count). The monoisotopic (exact) mass is 355 g/mol. The van der Waals surface area contributed by atoms with E-state index < -0.39 is 6.04 Å². The Balaban J connectivity index is 1.76.